The fraction of sp³-hybridized carbons (Fsp3) is 0.917. The zero-order valence-corrected chi connectivity index (χ0v) is 18.9. The minimum absolute atomic E-state index is 0. The summed E-state index contributed by atoms with van der Waals surface area (Å²) in [5.41, 5.74) is -5.29. The number of alkyl halides is 3. The Kier molecular flexibility index (Phi) is 10.8. The Bertz CT molecular complexity index is 692. The molecule has 1 aliphatic heterocycles. The highest BCUT2D eigenvalue weighted by Crippen LogP contribution is 2.28. The van der Waals surface area contributed by atoms with Crippen molar-refractivity contribution in [1.29, 1.82) is 0 Å². The maximum atomic E-state index is 12.5. The lowest BCUT2D eigenvalue weighted by atomic mass is 10.1. The summed E-state index contributed by atoms with van der Waals surface area (Å²) in [4.78, 5) is 3.98. The van der Waals surface area contributed by atoms with E-state index in [2.05, 4.69) is 20.3 Å². The molecule has 1 saturated heterocycles. The number of hydrogen-bond acceptors (Lipinski definition) is 5. The topological polar surface area (TPSA) is 120 Å². The highest BCUT2D eigenvalue weighted by atomic mass is 127. The van der Waals surface area contributed by atoms with Crippen molar-refractivity contribution in [2.45, 2.75) is 30.8 Å². The predicted molar refractivity (Wildman–Crippen MR) is 107 cm³/mol. The summed E-state index contributed by atoms with van der Waals surface area (Å²) in [6.07, 6.45) is 2.00. The van der Waals surface area contributed by atoms with Gasteiger partial charge in [-0.3, -0.25) is 4.99 Å². The molecule has 1 fully saturated rings. The largest absolute Gasteiger partial charge is 0.511 e. The van der Waals surface area contributed by atoms with Crippen molar-refractivity contribution in [3.05, 3.63) is 0 Å². The van der Waals surface area contributed by atoms with Gasteiger partial charge in [-0.25, -0.2) is 21.6 Å². The third kappa shape index (κ3) is 9.10. The predicted octanol–water partition coefficient (Wildman–Crippen LogP) is 0.0227. The summed E-state index contributed by atoms with van der Waals surface area (Å²) < 4.78 is 85.0. The minimum atomic E-state index is -5.29. The summed E-state index contributed by atoms with van der Waals surface area (Å²) in [5.74, 6) is 0.418. The minimum Gasteiger partial charge on any atom is -0.356 e. The molecule has 3 N–H and O–H groups in total. The zero-order chi connectivity index (χ0) is 20.0. The van der Waals surface area contributed by atoms with Gasteiger partial charge in [-0.05, 0) is 19.3 Å². The lowest BCUT2D eigenvalue weighted by Gasteiger charge is -2.32. The summed E-state index contributed by atoms with van der Waals surface area (Å²) in [6.45, 7) is 0.240. The molecular weight excluding hydrogens is 526 g/mol. The number of sulfonamides is 2. The average Bonchev–Trinajstić information content (AvgIpc) is 2.51. The lowest BCUT2D eigenvalue weighted by molar-refractivity contribution is -0.0494. The molecule has 15 heteroatoms. The van der Waals surface area contributed by atoms with Crippen LogP contribution in [0.4, 0.5) is 13.2 Å². The number of halogens is 4. The van der Waals surface area contributed by atoms with Crippen LogP contribution in [0.3, 0.4) is 0 Å². The van der Waals surface area contributed by atoms with Gasteiger partial charge in [-0.1, -0.05) is 0 Å². The van der Waals surface area contributed by atoms with Crippen LogP contribution in [0, 0.1) is 0 Å². The molecule has 1 aliphatic rings. The van der Waals surface area contributed by atoms with E-state index in [0.717, 1.165) is 6.26 Å². The number of piperidine rings is 1. The SMILES string of the molecule is CN=C(NCCCNS(C)(=O)=O)NC1CCN(S(=O)(=O)C(F)(F)F)CC1.I. The summed E-state index contributed by atoms with van der Waals surface area (Å²) >= 11 is 0. The Morgan fingerprint density at radius 2 is 1.70 bits per heavy atom. The van der Waals surface area contributed by atoms with Crippen LogP contribution >= 0.6 is 24.0 Å². The second-order valence-electron chi connectivity index (χ2n) is 5.79. The van der Waals surface area contributed by atoms with Crippen LogP contribution < -0.4 is 15.4 Å². The molecule has 0 saturated carbocycles. The highest BCUT2D eigenvalue weighted by Gasteiger charge is 2.50. The second-order valence-corrected chi connectivity index (χ2v) is 9.55. The molecule has 0 spiro atoms. The van der Waals surface area contributed by atoms with Gasteiger partial charge in [-0.2, -0.15) is 17.5 Å². The number of nitrogens with one attached hydrogen (secondary N) is 3. The fourth-order valence-electron chi connectivity index (χ4n) is 2.33. The molecule has 0 bridgehead atoms. The van der Waals surface area contributed by atoms with E-state index in [9.17, 15) is 30.0 Å². The first-order valence-corrected chi connectivity index (χ1v) is 11.2. The molecule has 0 atom stereocenters. The Hall–Kier alpha value is -0.390. The molecule has 0 unspecified atom stereocenters. The lowest BCUT2D eigenvalue weighted by Crippen LogP contribution is -2.51. The van der Waals surface area contributed by atoms with Crippen LogP contribution in [0.25, 0.3) is 0 Å². The fourth-order valence-corrected chi connectivity index (χ4v) is 3.83. The van der Waals surface area contributed by atoms with Gasteiger partial charge < -0.3 is 10.6 Å². The molecule has 1 rings (SSSR count). The number of rotatable bonds is 7. The van der Waals surface area contributed by atoms with Crippen molar-refractivity contribution in [3.8, 4) is 0 Å². The van der Waals surface area contributed by atoms with Gasteiger partial charge in [0, 0.05) is 39.3 Å². The van der Waals surface area contributed by atoms with Crippen LogP contribution in [0.5, 0.6) is 0 Å². The van der Waals surface area contributed by atoms with Crippen molar-refractivity contribution in [2.24, 2.45) is 4.99 Å². The van der Waals surface area contributed by atoms with E-state index in [-0.39, 0.29) is 62.5 Å². The van der Waals surface area contributed by atoms with E-state index in [1.54, 1.807) is 0 Å². The van der Waals surface area contributed by atoms with E-state index >= 15 is 0 Å². The summed E-state index contributed by atoms with van der Waals surface area (Å²) in [7, 11) is -7.00. The Labute approximate surface area is 174 Å². The molecule has 0 aromatic rings. The monoisotopic (exact) mass is 551 g/mol. The molecule has 9 nitrogen and oxygen atoms in total. The van der Waals surface area contributed by atoms with Crippen molar-refractivity contribution < 1.29 is 30.0 Å². The van der Waals surface area contributed by atoms with Crippen molar-refractivity contribution >= 4 is 50.0 Å². The molecule has 0 aromatic heterocycles. The second kappa shape index (κ2) is 11.0. The highest BCUT2D eigenvalue weighted by molar-refractivity contribution is 14.0. The molecule has 0 aliphatic carbocycles. The number of hydrogen-bond donors (Lipinski definition) is 3. The van der Waals surface area contributed by atoms with Crippen molar-refractivity contribution in [3.63, 3.8) is 0 Å². The molecule has 162 valence electrons. The van der Waals surface area contributed by atoms with Gasteiger partial charge in [0.15, 0.2) is 5.96 Å². The maximum Gasteiger partial charge on any atom is 0.511 e. The third-order valence-electron chi connectivity index (χ3n) is 3.66. The van der Waals surface area contributed by atoms with E-state index < -0.39 is 25.6 Å². The molecule has 1 heterocycles. The first-order valence-electron chi connectivity index (χ1n) is 7.85. The van der Waals surface area contributed by atoms with Gasteiger partial charge in [0.2, 0.25) is 10.0 Å². The van der Waals surface area contributed by atoms with Crippen LogP contribution in [0.15, 0.2) is 4.99 Å². The van der Waals surface area contributed by atoms with E-state index in [1.807, 2.05) is 0 Å². The maximum absolute atomic E-state index is 12.5. The number of aliphatic imine (C=N–C) groups is 1. The Morgan fingerprint density at radius 1 is 1.15 bits per heavy atom. The molecule has 0 amide bonds. The number of nitrogens with zero attached hydrogens (tertiary/aromatic N) is 2. The Morgan fingerprint density at radius 3 is 2.15 bits per heavy atom. The van der Waals surface area contributed by atoms with Gasteiger partial charge in [-0.15, -0.1) is 24.0 Å². The van der Waals surface area contributed by atoms with Crippen LogP contribution in [-0.2, 0) is 20.0 Å². The summed E-state index contributed by atoms with van der Waals surface area (Å²) in [6, 6.07) is -0.213. The smallest absolute Gasteiger partial charge is 0.356 e. The summed E-state index contributed by atoms with van der Waals surface area (Å²) in [5, 5.41) is 5.98. The van der Waals surface area contributed by atoms with Crippen LogP contribution in [0.2, 0.25) is 0 Å². The van der Waals surface area contributed by atoms with Crippen molar-refractivity contribution in [1.82, 2.24) is 19.7 Å². The van der Waals surface area contributed by atoms with Crippen LogP contribution in [0.1, 0.15) is 19.3 Å². The van der Waals surface area contributed by atoms with Gasteiger partial charge in [0.25, 0.3) is 0 Å². The first-order chi connectivity index (χ1) is 11.9. The van der Waals surface area contributed by atoms with E-state index in [0.29, 0.717) is 23.2 Å². The molecule has 0 radical (unpaired) electrons. The molecule has 0 aromatic carbocycles. The van der Waals surface area contributed by atoms with Gasteiger partial charge in [0.1, 0.15) is 0 Å². The quantitative estimate of drug-likeness (QED) is 0.178. The Balaban J connectivity index is 0.00000676. The first kappa shape index (κ1) is 26.6. The average molecular weight is 551 g/mol. The molecule has 27 heavy (non-hydrogen) atoms. The van der Waals surface area contributed by atoms with Crippen LogP contribution in [-0.4, -0.2) is 78.1 Å². The number of guanidine groups is 1. The van der Waals surface area contributed by atoms with Gasteiger partial charge >= 0.3 is 15.5 Å². The van der Waals surface area contributed by atoms with E-state index in [1.165, 1.54) is 7.05 Å². The zero-order valence-electron chi connectivity index (χ0n) is 14.9. The standard InChI is InChI=1S/C12H24F3N5O4S2.HI/c1-16-11(17-6-3-7-18-25(2,21)22)19-10-4-8-20(9-5-10)26(23,24)12(13,14)15;/h10,18H,3-9H2,1-2H3,(H2,16,17,19);1H. The third-order valence-corrected chi connectivity index (χ3v) is 6.02. The molecular formula is C12H25F3IN5O4S2. The van der Waals surface area contributed by atoms with Gasteiger partial charge in [0.05, 0.1) is 6.26 Å². The van der Waals surface area contributed by atoms with Crippen molar-refractivity contribution in [2.75, 3.05) is 39.5 Å². The normalized spacial score (nSPS) is 18.0. The van der Waals surface area contributed by atoms with E-state index in [4.69, 9.17) is 0 Å².